The van der Waals surface area contributed by atoms with E-state index in [1.54, 1.807) is 0 Å². The van der Waals surface area contributed by atoms with Crippen LogP contribution in [-0.4, -0.2) is 66.5 Å². The molecule has 74 heavy (non-hydrogen) atoms. The van der Waals surface area contributed by atoms with Gasteiger partial charge in [-0.2, -0.15) is 0 Å². The van der Waals surface area contributed by atoms with Gasteiger partial charge >= 0.3 is 25.7 Å². The first kappa shape index (κ1) is 70.4. The second-order valence-electron chi connectivity index (χ2n) is 19.1. The average Bonchev–Trinajstić information content (AvgIpc) is 3.39. The quantitative estimate of drug-likeness (QED) is 0.0197. The molecule has 0 heterocycles. The molecule has 0 radical (unpaired) electrons. The molecular formula is C62H105O11P. The highest BCUT2D eigenvalue weighted by atomic mass is 31.2. The molecule has 424 valence electrons. The van der Waals surface area contributed by atoms with E-state index in [0.717, 1.165) is 122 Å². The number of hydrogen-bond acceptors (Lipinski definition) is 10. The van der Waals surface area contributed by atoms with Crippen molar-refractivity contribution in [3.8, 4) is 0 Å². The van der Waals surface area contributed by atoms with E-state index in [-0.39, 0.29) is 25.9 Å². The summed E-state index contributed by atoms with van der Waals surface area (Å²) in [4.78, 5) is 48.5. The van der Waals surface area contributed by atoms with Gasteiger partial charge in [0.1, 0.15) is 12.7 Å². The third-order valence-electron chi connectivity index (χ3n) is 12.0. The van der Waals surface area contributed by atoms with Crippen molar-refractivity contribution in [3.05, 3.63) is 97.2 Å². The van der Waals surface area contributed by atoms with Gasteiger partial charge in [-0.3, -0.25) is 23.4 Å². The summed E-state index contributed by atoms with van der Waals surface area (Å²) in [5, 5.41) is 9.82. The summed E-state index contributed by atoms with van der Waals surface area (Å²) in [6.07, 6.45) is 65.0. The molecule has 0 spiro atoms. The number of aliphatic hydroxyl groups excluding tert-OH is 1. The molecule has 0 aromatic heterocycles. The summed E-state index contributed by atoms with van der Waals surface area (Å²) in [5.41, 5.74) is 0. The van der Waals surface area contributed by atoms with Crippen LogP contribution in [0.5, 0.6) is 0 Å². The van der Waals surface area contributed by atoms with Gasteiger partial charge in [-0.15, -0.1) is 0 Å². The van der Waals surface area contributed by atoms with Crippen molar-refractivity contribution >= 4 is 25.7 Å². The normalized spacial score (nSPS) is 14.1. The minimum atomic E-state index is -4.77. The van der Waals surface area contributed by atoms with Gasteiger partial charge in [-0.1, -0.05) is 195 Å². The van der Waals surface area contributed by atoms with Crippen LogP contribution in [-0.2, 0) is 42.2 Å². The number of aliphatic hydroxyl groups is 1. The van der Waals surface area contributed by atoms with E-state index >= 15 is 0 Å². The average molecular weight is 1060 g/mol. The molecule has 0 aromatic rings. The van der Waals surface area contributed by atoms with E-state index in [1.165, 1.54) is 57.8 Å². The fourth-order valence-corrected chi connectivity index (χ4v) is 8.31. The summed E-state index contributed by atoms with van der Waals surface area (Å²) in [7, 11) is -4.77. The molecule has 12 heteroatoms. The van der Waals surface area contributed by atoms with Gasteiger partial charge in [-0.25, -0.2) is 4.57 Å². The van der Waals surface area contributed by atoms with Crippen molar-refractivity contribution in [2.75, 3.05) is 26.4 Å². The maximum atomic E-state index is 12.9. The number of hydrogen-bond donors (Lipinski definition) is 2. The van der Waals surface area contributed by atoms with Crippen LogP contribution in [0.3, 0.4) is 0 Å². The molecule has 0 fully saturated rings. The van der Waals surface area contributed by atoms with Gasteiger partial charge in [0.05, 0.1) is 19.8 Å². The maximum Gasteiger partial charge on any atom is 0.472 e. The molecule has 0 aliphatic carbocycles. The lowest BCUT2D eigenvalue weighted by molar-refractivity contribution is -0.161. The monoisotopic (exact) mass is 1060 g/mol. The summed E-state index contributed by atoms with van der Waals surface area (Å²) >= 11 is 0. The van der Waals surface area contributed by atoms with Gasteiger partial charge in [0, 0.05) is 19.3 Å². The van der Waals surface area contributed by atoms with Gasteiger partial charge in [0.25, 0.3) is 0 Å². The SMILES string of the molecule is CC/C=C\C/C=C\C/C=C\C/C=C\CCCCC(=O)OCC(COP(=O)(O)OCC(CO)OC(=O)CCCCCCC/C=C\C/C=C\CCCCC)OC(=O)CCCCCCCCC/C=C\C/C=C\CCCCC. The third kappa shape index (κ3) is 53.2. The first-order valence-corrected chi connectivity index (χ1v) is 30.6. The number of phosphoric ester groups is 1. The molecule has 2 N–H and O–H groups in total. The highest BCUT2D eigenvalue weighted by Gasteiger charge is 2.28. The lowest BCUT2D eigenvalue weighted by Crippen LogP contribution is -2.30. The van der Waals surface area contributed by atoms with Crippen LogP contribution in [0.4, 0.5) is 0 Å². The molecule has 0 bridgehead atoms. The smallest absolute Gasteiger partial charge is 0.462 e. The number of carbonyl (C=O) groups excluding carboxylic acids is 3. The van der Waals surface area contributed by atoms with Crippen LogP contribution in [0.2, 0.25) is 0 Å². The van der Waals surface area contributed by atoms with Crippen molar-refractivity contribution in [2.45, 2.75) is 251 Å². The van der Waals surface area contributed by atoms with Crippen LogP contribution in [0.15, 0.2) is 97.2 Å². The number of carbonyl (C=O) groups is 3. The van der Waals surface area contributed by atoms with Crippen molar-refractivity contribution in [3.63, 3.8) is 0 Å². The summed E-state index contributed by atoms with van der Waals surface area (Å²) in [6, 6.07) is 0. The first-order valence-electron chi connectivity index (χ1n) is 29.1. The lowest BCUT2D eigenvalue weighted by Gasteiger charge is -2.21. The standard InChI is InChI=1S/C62H105O11P/c1-4-7-10-13-16-19-22-25-28-29-32-35-38-41-44-47-50-53-62(66)73-59(55-69-60(64)51-48-45-42-39-36-33-30-26-23-20-17-14-11-8-5-2)57-71-74(67,68)70-56-58(54-63)72-61(65)52-49-46-43-40-37-34-31-27-24-21-18-15-12-9-6-3/h8,11,16-21,25-28,30-31,36,39,58-59,63H,4-7,9-10,12-15,22-24,29,32-35,37-38,40-57H2,1-3H3,(H,67,68)/b11-8-,19-16-,20-17-,21-18-,28-25-,30-26-,31-27-,39-36-. The van der Waals surface area contributed by atoms with Crippen LogP contribution in [0, 0.1) is 0 Å². The zero-order valence-electron chi connectivity index (χ0n) is 46.8. The number of ether oxygens (including phenoxy) is 3. The van der Waals surface area contributed by atoms with E-state index in [1.807, 2.05) is 0 Å². The van der Waals surface area contributed by atoms with Crippen LogP contribution in [0.1, 0.15) is 239 Å². The molecular weight excluding hydrogens is 952 g/mol. The van der Waals surface area contributed by atoms with Crippen LogP contribution < -0.4 is 0 Å². The van der Waals surface area contributed by atoms with E-state index < -0.39 is 57.8 Å². The highest BCUT2D eigenvalue weighted by Crippen LogP contribution is 2.43. The number of rotatable bonds is 53. The van der Waals surface area contributed by atoms with E-state index in [0.29, 0.717) is 19.3 Å². The molecule has 11 nitrogen and oxygen atoms in total. The number of allylic oxidation sites excluding steroid dienone is 16. The Kier molecular flexibility index (Phi) is 52.9. The molecule has 0 saturated heterocycles. The fraction of sp³-hybridized carbons (Fsp3) is 0.694. The largest absolute Gasteiger partial charge is 0.472 e. The lowest BCUT2D eigenvalue weighted by atomic mass is 10.1. The number of phosphoric acid groups is 1. The minimum absolute atomic E-state index is 0.144. The van der Waals surface area contributed by atoms with E-state index in [4.69, 9.17) is 23.3 Å². The summed E-state index contributed by atoms with van der Waals surface area (Å²) < 4.78 is 39.5. The van der Waals surface area contributed by atoms with Crippen molar-refractivity contribution in [1.29, 1.82) is 0 Å². The van der Waals surface area contributed by atoms with Crippen molar-refractivity contribution in [2.24, 2.45) is 0 Å². The Bertz CT molecular complexity index is 1610. The Morgan fingerprint density at radius 1 is 0.392 bits per heavy atom. The van der Waals surface area contributed by atoms with E-state index in [9.17, 15) is 28.9 Å². The first-order chi connectivity index (χ1) is 36.2. The predicted molar refractivity (Wildman–Crippen MR) is 307 cm³/mol. The number of unbranched alkanes of at least 4 members (excludes halogenated alkanes) is 20. The van der Waals surface area contributed by atoms with Gasteiger partial charge in [0.15, 0.2) is 6.10 Å². The zero-order chi connectivity index (χ0) is 54.1. The third-order valence-corrected chi connectivity index (χ3v) is 12.9. The molecule has 3 atom stereocenters. The van der Waals surface area contributed by atoms with E-state index in [2.05, 4.69) is 118 Å². The minimum Gasteiger partial charge on any atom is -0.462 e. The molecule has 3 unspecified atom stereocenters. The Balaban J connectivity index is 4.81. The molecule has 0 aromatic carbocycles. The van der Waals surface area contributed by atoms with Crippen molar-refractivity contribution in [1.82, 2.24) is 0 Å². The summed E-state index contributed by atoms with van der Waals surface area (Å²) in [5.74, 6) is -1.54. The molecule has 0 saturated carbocycles. The second kappa shape index (κ2) is 55.6. The Morgan fingerprint density at radius 2 is 0.703 bits per heavy atom. The second-order valence-corrected chi connectivity index (χ2v) is 20.5. The predicted octanol–water partition coefficient (Wildman–Crippen LogP) is 17.3. The Hall–Kier alpha value is -3.60. The molecule has 0 aliphatic rings. The van der Waals surface area contributed by atoms with Crippen LogP contribution in [0.25, 0.3) is 0 Å². The molecule has 0 amide bonds. The fourth-order valence-electron chi connectivity index (χ4n) is 7.52. The Labute approximate surface area is 451 Å². The Morgan fingerprint density at radius 3 is 1.11 bits per heavy atom. The zero-order valence-corrected chi connectivity index (χ0v) is 47.7. The number of esters is 3. The highest BCUT2D eigenvalue weighted by molar-refractivity contribution is 7.47. The van der Waals surface area contributed by atoms with Gasteiger partial charge in [-0.05, 0) is 122 Å². The van der Waals surface area contributed by atoms with Crippen molar-refractivity contribution < 1.29 is 52.2 Å². The molecule has 0 aliphatic heterocycles. The maximum absolute atomic E-state index is 12.9. The topological polar surface area (TPSA) is 155 Å². The van der Waals surface area contributed by atoms with Crippen LogP contribution >= 0.6 is 7.82 Å². The van der Waals surface area contributed by atoms with Gasteiger partial charge in [0.2, 0.25) is 0 Å². The molecule has 0 rings (SSSR count). The van der Waals surface area contributed by atoms with Gasteiger partial charge < -0.3 is 24.2 Å². The summed E-state index contributed by atoms with van der Waals surface area (Å²) in [6.45, 7) is 4.41.